The molecule has 21 heavy (non-hydrogen) atoms. The third kappa shape index (κ3) is 2.61. The maximum absolute atomic E-state index is 11.6. The van der Waals surface area contributed by atoms with Crippen molar-refractivity contribution < 1.29 is 5.11 Å². The second-order valence-electron chi connectivity index (χ2n) is 5.88. The fraction of sp³-hybridized carbons (Fsp3) is 0.368. The zero-order valence-corrected chi connectivity index (χ0v) is 12.6. The fourth-order valence-corrected chi connectivity index (χ4v) is 3.49. The van der Waals surface area contributed by atoms with Crippen LogP contribution in [0, 0.1) is 0 Å². The van der Waals surface area contributed by atoms with Gasteiger partial charge in [0.2, 0.25) is 0 Å². The van der Waals surface area contributed by atoms with Crippen molar-refractivity contribution in [2.24, 2.45) is 0 Å². The van der Waals surface area contributed by atoms with Crippen molar-refractivity contribution in [1.29, 1.82) is 0 Å². The molecule has 0 radical (unpaired) electrons. The van der Waals surface area contributed by atoms with Gasteiger partial charge in [-0.25, -0.2) is 0 Å². The molecule has 0 aromatic heterocycles. The largest absolute Gasteiger partial charge is 0.380 e. The van der Waals surface area contributed by atoms with Crippen LogP contribution in [0.4, 0.5) is 0 Å². The van der Waals surface area contributed by atoms with Crippen LogP contribution in [0.5, 0.6) is 0 Å². The van der Waals surface area contributed by atoms with Gasteiger partial charge in [0, 0.05) is 0 Å². The molecular formula is C19H23NO. The predicted octanol–water partition coefficient (Wildman–Crippen LogP) is 3.02. The molecule has 2 aromatic carbocycles. The minimum Gasteiger partial charge on any atom is -0.380 e. The van der Waals surface area contributed by atoms with Crippen LogP contribution in [0.1, 0.15) is 35.1 Å². The van der Waals surface area contributed by atoms with Gasteiger partial charge < -0.3 is 10.4 Å². The molecule has 2 heteroatoms. The Balaban J connectivity index is 2.10. The second-order valence-corrected chi connectivity index (χ2v) is 5.88. The first-order chi connectivity index (χ1) is 10.3. The molecule has 0 saturated heterocycles. The molecule has 0 amide bonds. The van der Waals surface area contributed by atoms with Gasteiger partial charge in [0.25, 0.3) is 0 Å². The number of hydrogen-bond donors (Lipinski definition) is 2. The first kappa shape index (κ1) is 14.3. The van der Waals surface area contributed by atoms with Gasteiger partial charge in [0.1, 0.15) is 5.60 Å². The van der Waals surface area contributed by atoms with E-state index >= 15 is 0 Å². The minimum absolute atomic E-state index is 0.752. The highest BCUT2D eigenvalue weighted by atomic mass is 16.3. The Kier molecular flexibility index (Phi) is 4.09. The van der Waals surface area contributed by atoms with E-state index in [9.17, 15) is 5.11 Å². The molecule has 110 valence electrons. The van der Waals surface area contributed by atoms with Crippen LogP contribution in [-0.4, -0.2) is 18.7 Å². The number of aryl methyl sites for hydroxylation is 2. The molecule has 1 aliphatic rings. The molecule has 0 fully saturated rings. The minimum atomic E-state index is -0.861. The van der Waals surface area contributed by atoms with E-state index in [4.69, 9.17) is 0 Å². The van der Waals surface area contributed by atoms with Crippen LogP contribution in [0.15, 0.2) is 48.5 Å². The van der Waals surface area contributed by atoms with Crippen molar-refractivity contribution >= 4 is 0 Å². The molecule has 0 atom stereocenters. The zero-order chi connectivity index (χ0) is 14.7. The highest BCUT2D eigenvalue weighted by Crippen LogP contribution is 2.40. The van der Waals surface area contributed by atoms with E-state index in [1.165, 1.54) is 11.1 Å². The molecule has 0 heterocycles. The van der Waals surface area contributed by atoms with Crippen molar-refractivity contribution in [2.75, 3.05) is 13.6 Å². The van der Waals surface area contributed by atoms with E-state index in [-0.39, 0.29) is 0 Å². The van der Waals surface area contributed by atoms with E-state index in [1.807, 2.05) is 19.2 Å². The smallest absolute Gasteiger partial charge is 0.115 e. The summed E-state index contributed by atoms with van der Waals surface area (Å²) in [6.07, 6.45) is 3.71. The predicted molar refractivity (Wildman–Crippen MR) is 86.5 cm³/mol. The van der Waals surface area contributed by atoms with E-state index < -0.39 is 5.60 Å². The van der Waals surface area contributed by atoms with Crippen LogP contribution in [0.2, 0.25) is 0 Å². The SMILES string of the molecule is CNCCCC1(O)c2ccccc2CCc2ccccc21. The fourth-order valence-electron chi connectivity index (χ4n) is 3.49. The average Bonchev–Trinajstić information content (AvgIpc) is 2.65. The van der Waals surface area contributed by atoms with Crippen LogP contribution in [0.25, 0.3) is 0 Å². The van der Waals surface area contributed by atoms with Gasteiger partial charge in [-0.1, -0.05) is 48.5 Å². The third-order valence-corrected chi connectivity index (χ3v) is 4.55. The zero-order valence-electron chi connectivity index (χ0n) is 12.6. The number of hydrogen-bond acceptors (Lipinski definition) is 2. The molecule has 2 nitrogen and oxygen atoms in total. The van der Waals surface area contributed by atoms with Crippen molar-refractivity contribution in [2.45, 2.75) is 31.3 Å². The van der Waals surface area contributed by atoms with E-state index in [1.54, 1.807) is 0 Å². The molecule has 0 saturated carbocycles. The first-order valence-corrected chi connectivity index (χ1v) is 7.79. The molecule has 0 bridgehead atoms. The summed E-state index contributed by atoms with van der Waals surface area (Å²) in [7, 11) is 1.96. The summed E-state index contributed by atoms with van der Waals surface area (Å²) >= 11 is 0. The highest BCUT2D eigenvalue weighted by molar-refractivity contribution is 5.47. The average molecular weight is 281 g/mol. The summed E-state index contributed by atoms with van der Waals surface area (Å²) in [6.45, 7) is 0.923. The lowest BCUT2D eigenvalue weighted by Gasteiger charge is -2.31. The number of rotatable bonds is 4. The summed E-state index contributed by atoms with van der Waals surface area (Å²) in [5.74, 6) is 0. The molecule has 0 unspecified atom stereocenters. The Morgan fingerprint density at radius 3 is 2.00 bits per heavy atom. The lowest BCUT2D eigenvalue weighted by Crippen LogP contribution is -2.29. The summed E-state index contributed by atoms with van der Waals surface area (Å²) in [5, 5.41) is 14.7. The van der Waals surface area contributed by atoms with Crippen LogP contribution in [0.3, 0.4) is 0 Å². The molecule has 0 spiro atoms. The number of fused-ring (bicyclic) bond motifs is 2. The normalized spacial score (nSPS) is 15.9. The van der Waals surface area contributed by atoms with Crippen LogP contribution >= 0.6 is 0 Å². The van der Waals surface area contributed by atoms with E-state index in [0.29, 0.717) is 0 Å². The Morgan fingerprint density at radius 1 is 0.952 bits per heavy atom. The Bertz CT molecular complexity index is 573. The van der Waals surface area contributed by atoms with Gasteiger partial charge >= 0.3 is 0 Å². The van der Waals surface area contributed by atoms with E-state index in [2.05, 4.69) is 41.7 Å². The molecule has 2 aromatic rings. The Labute approximate surface area is 126 Å². The van der Waals surface area contributed by atoms with Gasteiger partial charge in [-0.15, -0.1) is 0 Å². The van der Waals surface area contributed by atoms with Crippen LogP contribution < -0.4 is 5.32 Å². The molecule has 0 aliphatic heterocycles. The van der Waals surface area contributed by atoms with Crippen molar-refractivity contribution in [3.05, 3.63) is 70.8 Å². The maximum atomic E-state index is 11.6. The molecule has 2 N–H and O–H groups in total. The second kappa shape index (κ2) is 6.00. The van der Waals surface area contributed by atoms with Gasteiger partial charge in [0.05, 0.1) is 0 Å². The van der Waals surface area contributed by atoms with Gasteiger partial charge in [-0.05, 0) is 61.5 Å². The quantitative estimate of drug-likeness (QED) is 0.844. The van der Waals surface area contributed by atoms with Crippen molar-refractivity contribution in [3.63, 3.8) is 0 Å². The number of nitrogens with one attached hydrogen (secondary N) is 1. The number of aliphatic hydroxyl groups is 1. The lowest BCUT2D eigenvalue weighted by molar-refractivity contribution is 0.0683. The highest BCUT2D eigenvalue weighted by Gasteiger charge is 2.36. The molecular weight excluding hydrogens is 258 g/mol. The maximum Gasteiger partial charge on any atom is 0.115 e. The topological polar surface area (TPSA) is 32.3 Å². The summed E-state index contributed by atoms with van der Waals surface area (Å²) in [5.41, 5.74) is 3.87. The van der Waals surface area contributed by atoms with E-state index in [0.717, 1.165) is 43.4 Å². The lowest BCUT2D eigenvalue weighted by atomic mass is 9.80. The Morgan fingerprint density at radius 2 is 1.48 bits per heavy atom. The third-order valence-electron chi connectivity index (χ3n) is 4.55. The summed E-state index contributed by atoms with van der Waals surface area (Å²) in [6, 6.07) is 16.7. The molecule has 1 aliphatic carbocycles. The number of benzene rings is 2. The summed E-state index contributed by atoms with van der Waals surface area (Å²) in [4.78, 5) is 0. The standard InChI is InChI=1S/C19H23NO/c1-20-14-6-13-19(21)17-9-4-2-7-15(17)11-12-16-8-3-5-10-18(16)19/h2-5,7-10,20-21H,6,11-14H2,1H3. The Hall–Kier alpha value is -1.64. The van der Waals surface area contributed by atoms with Crippen molar-refractivity contribution in [1.82, 2.24) is 5.32 Å². The van der Waals surface area contributed by atoms with Gasteiger partial charge in [0.15, 0.2) is 0 Å². The van der Waals surface area contributed by atoms with Crippen molar-refractivity contribution in [3.8, 4) is 0 Å². The van der Waals surface area contributed by atoms with Gasteiger partial charge in [-0.2, -0.15) is 0 Å². The van der Waals surface area contributed by atoms with Crippen LogP contribution in [-0.2, 0) is 18.4 Å². The monoisotopic (exact) mass is 281 g/mol. The molecule has 3 rings (SSSR count). The first-order valence-electron chi connectivity index (χ1n) is 7.79. The van der Waals surface area contributed by atoms with Gasteiger partial charge in [-0.3, -0.25) is 0 Å². The summed E-state index contributed by atoms with van der Waals surface area (Å²) < 4.78 is 0.